The van der Waals surface area contributed by atoms with E-state index in [0.29, 0.717) is 0 Å². The highest BCUT2D eigenvalue weighted by Gasteiger charge is 2.31. The van der Waals surface area contributed by atoms with Crippen LogP contribution in [-0.2, 0) is 11.0 Å². The minimum atomic E-state index is -4.42. The van der Waals surface area contributed by atoms with Gasteiger partial charge in [0.15, 0.2) is 5.60 Å². The third-order valence-electron chi connectivity index (χ3n) is 1.78. The molecule has 0 aliphatic carbocycles. The molecule has 1 aromatic rings. The van der Waals surface area contributed by atoms with Crippen LogP contribution in [-0.4, -0.2) is 11.9 Å². The average Bonchev–Trinajstić information content (AvgIpc) is 2.16. The van der Waals surface area contributed by atoms with E-state index in [1.807, 2.05) is 0 Å². The molecule has 16 heavy (non-hydrogen) atoms. The van der Waals surface area contributed by atoms with Gasteiger partial charge in [0.1, 0.15) is 5.75 Å². The number of hydrogen-bond donors (Lipinski definition) is 0. The molecule has 0 saturated heterocycles. The van der Waals surface area contributed by atoms with Crippen LogP contribution < -0.4 is 4.74 Å². The second-order valence-corrected chi connectivity index (χ2v) is 3.74. The van der Waals surface area contributed by atoms with Crippen molar-refractivity contribution in [2.75, 3.05) is 0 Å². The first-order valence-electron chi connectivity index (χ1n) is 4.50. The number of benzene rings is 1. The van der Waals surface area contributed by atoms with E-state index >= 15 is 0 Å². The molecule has 0 atom stereocenters. The average molecular weight is 231 g/mol. The largest absolute Gasteiger partial charge is 0.480 e. The summed E-state index contributed by atoms with van der Waals surface area (Å²) < 4.78 is 42.1. The zero-order valence-corrected chi connectivity index (χ0v) is 8.76. The Morgan fingerprint density at radius 1 is 1.25 bits per heavy atom. The molecular formula is C11H10F3O2. The molecule has 1 radical (unpaired) electrons. The normalized spacial score (nSPS) is 12.3. The first-order valence-corrected chi connectivity index (χ1v) is 4.50. The van der Waals surface area contributed by atoms with E-state index < -0.39 is 17.3 Å². The van der Waals surface area contributed by atoms with Crippen molar-refractivity contribution in [1.82, 2.24) is 0 Å². The van der Waals surface area contributed by atoms with Gasteiger partial charge < -0.3 is 4.74 Å². The monoisotopic (exact) mass is 231 g/mol. The van der Waals surface area contributed by atoms with E-state index in [0.717, 1.165) is 12.1 Å². The van der Waals surface area contributed by atoms with Gasteiger partial charge in [-0.25, -0.2) is 0 Å². The summed E-state index contributed by atoms with van der Waals surface area (Å²) in [4.78, 5) is 10.4. The molecule has 87 valence electrons. The van der Waals surface area contributed by atoms with Crippen molar-refractivity contribution < 1.29 is 22.7 Å². The highest BCUT2D eigenvalue weighted by molar-refractivity contribution is 5.62. The third-order valence-corrected chi connectivity index (χ3v) is 1.78. The lowest BCUT2D eigenvalue weighted by Crippen LogP contribution is -2.29. The second-order valence-electron chi connectivity index (χ2n) is 3.74. The Balaban J connectivity index is 2.96. The molecule has 0 heterocycles. The van der Waals surface area contributed by atoms with E-state index in [-0.39, 0.29) is 5.75 Å². The third kappa shape index (κ3) is 3.25. The Morgan fingerprint density at radius 3 is 2.38 bits per heavy atom. The van der Waals surface area contributed by atoms with Gasteiger partial charge >= 0.3 is 6.18 Å². The van der Waals surface area contributed by atoms with E-state index in [9.17, 15) is 18.0 Å². The Kier molecular flexibility index (Phi) is 3.26. The Labute approximate surface area is 91.0 Å². The molecule has 0 aromatic heterocycles. The highest BCUT2D eigenvalue weighted by Crippen LogP contribution is 2.31. The topological polar surface area (TPSA) is 26.3 Å². The number of carbonyl (C=O) groups excluding carboxylic acids is 1. The first-order chi connectivity index (χ1) is 7.24. The molecule has 1 aromatic carbocycles. The lowest BCUT2D eigenvalue weighted by molar-refractivity contribution is -0.137. The van der Waals surface area contributed by atoms with Crippen LogP contribution in [0.15, 0.2) is 24.3 Å². The van der Waals surface area contributed by atoms with Gasteiger partial charge in [-0.1, -0.05) is 6.07 Å². The van der Waals surface area contributed by atoms with Crippen LogP contribution in [0.3, 0.4) is 0 Å². The van der Waals surface area contributed by atoms with Crippen molar-refractivity contribution in [3.05, 3.63) is 29.8 Å². The van der Waals surface area contributed by atoms with Crippen LogP contribution in [0, 0.1) is 0 Å². The lowest BCUT2D eigenvalue weighted by atomic mass is 10.1. The summed E-state index contributed by atoms with van der Waals surface area (Å²) in [5, 5.41) is 0. The molecule has 0 saturated carbocycles. The number of ether oxygens (including phenoxy) is 1. The highest BCUT2D eigenvalue weighted by atomic mass is 19.4. The van der Waals surface area contributed by atoms with Crippen molar-refractivity contribution in [1.29, 1.82) is 0 Å². The number of hydrogen-bond acceptors (Lipinski definition) is 2. The molecule has 0 unspecified atom stereocenters. The molecular weight excluding hydrogens is 221 g/mol. The van der Waals surface area contributed by atoms with Crippen LogP contribution in [0.4, 0.5) is 13.2 Å². The lowest BCUT2D eigenvalue weighted by Gasteiger charge is -2.19. The van der Waals surface area contributed by atoms with Crippen molar-refractivity contribution in [3.63, 3.8) is 0 Å². The summed E-state index contributed by atoms with van der Waals surface area (Å²) in [5.41, 5.74) is -2.07. The zero-order chi connectivity index (χ0) is 12.4. The van der Waals surface area contributed by atoms with Crippen LogP contribution >= 0.6 is 0 Å². The van der Waals surface area contributed by atoms with E-state index in [1.54, 1.807) is 6.29 Å². The molecule has 0 amide bonds. The second kappa shape index (κ2) is 4.15. The molecule has 0 N–H and O–H groups in total. The number of halogens is 3. The Hall–Kier alpha value is -1.52. The molecule has 0 aliphatic heterocycles. The Bertz CT molecular complexity index is 383. The van der Waals surface area contributed by atoms with Gasteiger partial charge in [0.05, 0.1) is 5.56 Å². The van der Waals surface area contributed by atoms with Gasteiger partial charge in [-0.2, -0.15) is 13.2 Å². The maximum absolute atomic E-state index is 12.3. The summed E-state index contributed by atoms with van der Waals surface area (Å²) in [7, 11) is 0. The summed E-state index contributed by atoms with van der Waals surface area (Å²) in [6.07, 6.45) is -2.83. The van der Waals surface area contributed by atoms with Crippen LogP contribution in [0.2, 0.25) is 0 Å². The van der Waals surface area contributed by atoms with Crippen LogP contribution in [0.5, 0.6) is 5.75 Å². The molecule has 2 nitrogen and oxygen atoms in total. The molecule has 0 aliphatic rings. The minimum absolute atomic E-state index is 0.0109. The predicted molar refractivity (Wildman–Crippen MR) is 51.8 cm³/mol. The zero-order valence-electron chi connectivity index (χ0n) is 8.76. The van der Waals surface area contributed by atoms with E-state index in [4.69, 9.17) is 4.74 Å². The van der Waals surface area contributed by atoms with Gasteiger partial charge in [-0.05, 0) is 32.0 Å². The smallest absolute Gasteiger partial charge is 0.416 e. The fraction of sp³-hybridized carbons (Fsp3) is 0.364. The number of alkyl halides is 3. The fourth-order valence-electron chi connectivity index (χ4n) is 1.05. The van der Waals surface area contributed by atoms with Crippen molar-refractivity contribution in [2.24, 2.45) is 0 Å². The molecule has 0 bridgehead atoms. The molecule has 1 rings (SSSR count). The summed E-state index contributed by atoms with van der Waals surface area (Å²) in [6.45, 7) is 2.83. The summed E-state index contributed by atoms with van der Waals surface area (Å²) in [6, 6.07) is 4.36. The molecule has 0 fully saturated rings. The van der Waals surface area contributed by atoms with E-state index in [2.05, 4.69) is 0 Å². The standard InChI is InChI=1S/C11H10F3O2/c1-10(2,7-15)16-9-5-3-4-8(6-9)11(12,13)14/h3-6H,1-2H3. The summed E-state index contributed by atoms with van der Waals surface area (Å²) in [5.74, 6) is -0.0109. The van der Waals surface area contributed by atoms with Crippen molar-refractivity contribution >= 4 is 6.29 Å². The SMILES string of the molecule is CC(C)([C]=O)Oc1cccc(C(F)(F)F)c1. The van der Waals surface area contributed by atoms with Crippen LogP contribution in [0.25, 0.3) is 0 Å². The molecule has 0 spiro atoms. The molecule has 5 heteroatoms. The van der Waals surface area contributed by atoms with Crippen molar-refractivity contribution in [2.45, 2.75) is 25.6 Å². The van der Waals surface area contributed by atoms with Gasteiger partial charge in [0.2, 0.25) is 6.29 Å². The first kappa shape index (κ1) is 12.5. The van der Waals surface area contributed by atoms with Crippen molar-refractivity contribution in [3.8, 4) is 5.75 Å². The predicted octanol–water partition coefficient (Wildman–Crippen LogP) is 2.97. The fourth-order valence-corrected chi connectivity index (χ4v) is 1.05. The van der Waals surface area contributed by atoms with Crippen LogP contribution in [0.1, 0.15) is 19.4 Å². The number of rotatable bonds is 3. The van der Waals surface area contributed by atoms with E-state index in [1.165, 1.54) is 26.0 Å². The maximum Gasteiger partial charge on any atom is 0.416 e. The van der Waals surface area contributed by atoms with Gasteiger partial charge in [-0.3, -0.25) is 4.79 Å². The summed E-state index contributed by atoms with van der Waals surface area (Å²) >= 11 is 0. The quantitative estimate of drug-likeness (QED) is 0.799. The van der Waals surface area contributed by atoms with Gasteiger partial charge in [0, 0.05) is 0 Å². The Morgan fingerprint density at radius 2 is 1.88 bits per heavy atom. The van der Waals surface area contributed by atoms with Gasteiger partial charge in [0.25, 0.3) is 0 Å². The minimum Gasteiger partial charge on any atom is -0.480 e. The van der Waals surface area contributed by atoms with Gasteiger partial charge in [-0.15, -0.1) is 0 Å². The maximum atomic E-state index is 12.3.